The van der Waals surface area contributed by atoms with Crippen LogP contribution in [0.25, 0.3) is 0 Å². The molecule has 1 aliphatic rings. The van der Waals surface area contributed by atoms with E-state index in [0.717, 1.165) is 18.8 Å². The number of hydrogen-bond acceptors (Lipinski definition) is 5. The van der Waals surface area contributed by atoms with Crippen molar-refractivity contribution in [3.63, 3.8) is 0 Å². The smallest absolute Gasteiger partial charge is 0.337 e. The molecule has 1 aromatic carbocycles. The number of hydrogen-bond donors (Lipinski definition) is 1. The second kappa shape index (κ2) is 6.74. The van der Waals surface area contributed by atoms with Crippen molar-refractivity contribution in [3.8, 4) is 0 Å². The third-order valence-corrected chi connectivity index (χ3v) is 4.27. The van der Waals surface area contributed by atoms with Gasteiger partial charge in [0.2, 0.25) is 0 Å². The highest BCUT2D eigenvalue weighted by Crippen LogP contribution is 2.21. The van der Waals surface area contributed by atoms with Crippen LogP contribution in [0.2, 0.25) is 0 Å². The molecule has 1 fully saturated rings. The minimum atomic E-state index is -0.343. The van der Waals surface area contributed by atoms with E-state index in [1.54, 1.807) is 24.4 Å². The molecule has 0 aliphatic carbocycles. The first-order valence-corrected chi connectivity index (χ1v) is 7.84. The van der Waals surface area contributed by atoms with Gasteiger partial charge in [-0.2, -0.15) is 5.10 Å². The summed E-state index contributed by atoms with van der Waals surface area (Å²) in [5, 5.41) is 6.56. The van der Waals surface area contributed by atoms with Crippen molar-refractivity contribution < 1.29 is 14.3 Å². The average molecular weight is 328 g/mol. The summed E-state index contributed by atoms with van der Waals surface area (Å²) in [5.41, 5.74) is 2.07. The van der Waals surface area contributed by atoms with Crippen molar-refractivity contribution >= 4 is 17.6 Å². The number of nitrogens with zero attached hydrogens (tertiary/aromatic N) is 3. The highest BCUT2D eigenvalue weighted by atomic mass is 16.5. The molecular formula is C17H20N4O3. The molecule has 2 aromatic rings. The molecule has 0 saturated carbocycles. The number of anilines is 1. The Morgan fingerprint density at radius 1 is 1.21 bits per heavy atom. The van der Waals surface area contributed by atoms with Gasteiger partial charge in [-0.15, -0.1) is 0 Å². The van der Waals surface area contributed by atoms with E-state index in [1.807, 2.05) is 24.0 Å². The summed E-state index contributed by atoms with van der Waals surface area (Å²) < 4.78 is 4.71. The molecule has 1 aromatic heterocycles. The number of carbonyl (C=O) groups excluding carboxylic acids is 2. The van der Waals surface area contributed by atoms with Crippen molar-refractivity contribution in [1.82, 2.24) is 15.1 Å². The summed E-state index contributed by atoms with van der Waals surface area (Å²) in [5.74, 6) is -0.370. The van der Waals surface area contributed by atoms with Crippen LogP contribution in [-0.2, 0) is 4.74 Å². The molecule has 0 spiro atoms. The van der Waals surface area contributed by atoms with Crippen LogP contribution in [0.4, 0.5) is 5.69 Å². The number of benzene rings is 1. The topological polar surface area (TPSA) is 78.5 Å². The lowest BCUT2D eigenvalue weighted by Gasteiger charge is -2.40. The Kier molecular flexibility index (Phi) is 4.50. The Morgan fingerprint density at radius 2 is 1.96 bits per heavy atom. The Labute approximate surface area is 140 Å². The molecular weight excluding hydrogens is 308 g/mol. The fourth-order valence-corrected chi connectivity index (χ4v) is 2.95. The van der Waals surface area contributed by atoms with Gasteiger partial charge >= 0.3 is 5.97 Å². The Bertz CT molecular complexity index is 712. The standard InChI is InChI=1S/C17H20N4O3/c1-12-11-20(14-5-3-13(4-6-14)17(23)24-2)9-10-21(12)16(22)15-7-8-18-19-15/h3-8,12H,9-11H2,1-2H3,(H,18,19)/t12-/m0/s1. The Hall–Kier alpha value is -2.83. The van der Waals surface area contributed by atoms with E-state index >= 15 is 0 Å². The fourth-order valence-electron chi connectivity index (χ4n) is 2.95. The summed E-state index contributed by atoms with van der Waals surface area (Å²) in [6.07, 6.45) is 1.58. The molecule has 126 valence electrons. The van der Waals surface area contributed by atoms with Crippen molar-refractivity contribution in [2.75, 3.05) is 31.6 Å². The maximum atomic E-state index is 12.5. The molecule has 24 heavy (non-hydrogen) atoms. The zero-order valence-electron chi connectivity index (χ0n) is 13.7. The van der Waals surface area contributed by atoms with Gasteiger partial charge in [0.1, 0.15) is 5.69 Å². The van der Waals surface area contributed by atoms with Gasteiger partial charge < -0.3 is 14.5 Å². The normalized spacial score (nSPS) is 17.7. The lowest BCUT2D eigenvalue weighted by molar-refractivity contribution is 0.0599. The molecule has 1 amide bonds. The van der Waals surface area contributed by atoms with Gasteiger partial charge in [-0.25, -0.2) is 4.79 Å². The van der Waals surface area contributed by atoms with Gasteiger partial charge in [-0.1, -0.05) is 0 Å². The number of methoxy groups -OCH3 is 1. The lowest BCUT2D eigenvalue weighted by atomic mass is 10.1. The predicted molar refractivity (Wildman–Crippen MR) is 89.1 cm³/mol. The SMILES string of the molecule is COC(=O)c1ccc(N2CCN(C(=O)c3ccn[nH]3)[C@@H](C)C2)cc1. The van der Waals surface area contributed by atoms with E-state index in [-0.39, 0.29) is 17.9 Å². The average Bonchev–Trinajstić information content (AvgIpc) is 3.15. The van der Waals surface area contributed by atoms with Crippen molar-refractivity contribution in [2.45, 2.75) is 13.0 Å². The maximum absolute atomic E-state index is 12.5. The molecule has 3 rings (SSSR count). The minimum Gasteiger partial charge on any atom is -0.465 e. The van der Waals surface area contributed by atoms with E-state index in [2.05, 4.69) is 15.1 Å². The first-order chi connectivity index (χ1) is 11.6. The number of rotatable bonds is 3. The van der Waals surface area contributed by atoms with Gasteiger partial charge in [0.05, 0.1) is 12.7 Å². The number of amides is 1. The Morgan fingerprint density at radius 3 is 2.54 bits per heavy atom. The third kappa shape index (κ3) is 3.10. The number of carbonyl (C=O) groups is 2. The van der Waals surface area contributed by atoms with E-state index in [9.17, 15) is 9.59 Å². The van der Waals surface area contributed by atoms with Gasteiger partial charge in [0, 0.05) is 37.6 Å². The van der Waals surface area contributed by atoms with Crippen molar-refractivity contribution in [1.29, 1.82) is 0 Å². The van der Waals surface area contributed by atoms with Gasteiger partial charge in [0.15, 0.2) is 0 Å². The van der Waals surface area contributed by atoms with Crippen LogP contribution in [0.1, 0.15) is 27.8 Å². The van der Waals surface area contributed by atoms with E-state index < -0.39 is 0 Å². The van der Waals surface area contributed by atoms with Crippen molar-refractivity contribution in [3.05, 3.63) is 47.8 Å². The fraction of sp³-hybridized carbons (Fsp3) is 0.353. The highest BCUT2D eigenvalue weighted by molar-refractivity contribution is 5.92. The Balaban J connectivity index is 1.67. The summed E-state index contributed by atoms with van der Waals surface area (Å²) >= 11 is 0. The van der Waals surface area contributed by atoms with Gasteiger partial charge in [-0.05, 0) is 37.3 Å². The molecule has 0 bridgehead atoms. The van der Waals surface area contributed by atoms with Crippen LogP contribution in [0.15, 0.2) is 36.5 Å². The molecule has 1 aliphatic heterocycles. The molecule has 1 atom stereocenters. The highest BCUT2D eigenvalue weighted by Gasteiger charge is 2.28. The molecule has 0 radical (unpaired) electrons. The summed E-state index contributed by atoms with van der Waals surface area (Å²) in [7, 11) is 1.37. The maximum Gasteiger partial charge on any atom is 0.337 e. The first kappa shape index (κ1) is 16.0. The van der Waals surface area contributed by atoms with Gasteiger partial charge in [0.25, 0.3) is 5.91 Å². The van der Waals surface area contributed by atoms with E-state index in [0.29, 0.717) is 17.8 Å². The molecule has 2 heterocycles. The largest absolute Gasteiger partial charge is 0.465 e. The molecule has 0 unspecified atom stereocenters. The lowest BCUT2D eigenvalue weighted by Crippen LogP contribution is -2.54. The van der Waals surface area contributed by atoms with Crippen LogP contribution in [-0.4, -0.2) is 59.8 Å². The van der Waals surface area contributed by atoms with Gasteiger partial charge in [-0.3, -0.25) is 9.89 Å². The van der Waals surface area contributed by atoms with Crippen LogP contribution < -0.4 is 4.90 Å². The number of H-pyrrole nitrogens is 1. The summed E-state index contributed by atoms with van der Waals surface area (Å²) in [6, 6.07) is 9.10. The summed E-state index contributed by atoms with van der Waals surface area (Å²) in [6.45, 7) is 4.14. The van der Waals surface area contributed by atoms with Crippen LogP contribution >= 0.6 is 0 Å². The molecule has 7 heteroatoms. The number of ether oxygens (including phenoxy) is 1. The minimum absolute atomic E-state index is 0.0271. The number of nitrogens with one attached hydrogen (secondary N) is 1. The second-order valence-electron chi connectivity index (χ2n) is 5.80. The van der Waals surface area contributed by atoms with Crippen LogP contribution in [0.3, 0.4) is 0 Å². The zero-order valence-corrected chi connectivity index (χ0v) is 13.7. The number of esters is 1. The molecule has 1 saturated heterocycles. The number of piperazine rings is 1. The first-order valence-electron chi connectivity index (χ1n) is 7.84. The molecule has 7 nitrogen and oxygen atoms in total. The van der Waals surface area contributed by atoms with E-state index in [4.69, 9.17) is 4.74 Å². The summed E-state index contributed by atoms with van der Waals surface area (Å²) in [4.78, 5) is 28.0. The van der Waals surface area contributed by atoms with Crippen LogP contribution in [0.5, 0.6) is 0 Å². The molecule has 1 N–H and O–H groups in total. The second-order valence-corrected chi connectivity index (χ2v) is 5.80. The van der Waals surface area contributed by atoms with Crippen molar-refractivity contribution in [2.24, 2.45) is 0 Å². The quantitative estimate of drug-likeness (QED) is 0.865. The van der Waals surface area contributed by atoms with E-state index in [1.165, 1.54) is 7.11 Å². The number of aromatic nitrogens is 2. The zero-order chi connectivity index (χ0) is 17.1. The predicted octanol–water partition coefficient (Wildman–Crippen LogP) is 1.55. The van der Waals surface area contributed by atoms with Crippen LogP contribution in [0, 0.1) is 0 Å². The monoisotopic (exact) mass is 328 g/mol. The third-order valence-electron chi connectivity index (χ3n) is 4.27. The number of aromatic amines is 1.